The van der Waals surface area contributed by atoms with Crippen molar-refractivity contribution in [1.29, 1.82) is 0 Å². The highest BCUT2D eigenvalue weighted by Gasteiger charge is 1.80. The van der Waals surface area contributed by atoms with Crippen molar-refractivity contribution in [3.63, 3.8) is 0 Å². The lowest BCUT2D eigenvalue weighted by Gasteiger charge is -1.87. The number of hydrogen-bond acceptors (Lipinski definition) is 3. The normalized spacial score (nSPS) is 9.67. The van der Waals surface area contributed by atoms with Crippen LogP contribution in [-0.4, -0.2) is 15.0 Å². The molecule has 4 heteroatoms. The predicted octanol–water partition coefficient (Wildman–Crippen LogP) is 0.496. The third-order valence-corrected chi connectivity index (χ3v) is 1.03. The SMILES string of the molecule is CC(C)=CCO[SH](=O)=O. The zero-order chi connectivity index (χ0) is 7.28. The first-order valence-electron chi connectivity index (χ1n) is 2.53. The monoisotopic (exact) mass is 150 g/mol. The average molecular weight is 150 g/mol. The van der Waals surface area contributed by atoms with Gasteiger partial charge in [0.15, 0.2) is 0 Å². The molecule has 0 N–H and O–H groups in total. The van der Waals surface area contributed by atoms with E-state index < -0.39 is 11.0 Å². The summed E-state index contributed by atoms with van der Waals surface area (Å²) in [5.74, 6) is 0. The molecule has 0 aliphatic carbocycles. The van der Waals surface area contributed by atoms with Crippen LogP contribution in [0.5, 0.6) is 0 Å². The smallest absolute Gasteiger partial charge is 0.257 e. The fourth-order valence-corrected chi connectivity index (χ4v) is 0.461. The van der Waals surface area contributed by atoms with Crippen LogP contribution in [0, 0.1) is 0 Å². The first kappa shape index (κ1) is 8.65. The van der Waals surface area contributed by atoms with E-state index in [0.717, 1.165) is 5.57 Å². The Morgan fingerprint density at radius 3 is 2.44 bits per heavy atom. The van der Waals surface area contributed by atoms with Crippen molar-refractivity contribution in [2.45, 2.75) is 13.8 Å². The van der Waals surface area contributed by atoms with Crippen LogP contribution in [0.15, 0.2) is 11.6 Å². The Morgan fingerprint density at radius 2 is 2.11 bits per heavy atom. The largest absolute Gasteiger partial charge is 0.268 e. The maximum Gasteiger partial charge on any atom is 0.257 e. The summed E-state index contributed by atoms with van der Waals surface area (Å²) in [6.45, 7) is 3.91. The molecule has 0 bridgehead atoms. The Labute approximate surface area is 56.5 Å². The van der Waals surface area contributed by atoms with Crippen molar-refractivity contribution in [3.8, 4) is 0 Å². The van der Waals surface area contributed by atoms with Gasteiger partial charge in [-0.1, -0.05) is 11.6 Å². The summed E-state index contributed by atoms with van der Waals surface area (Å²) in [6, 6.07) is 0. The van der Waals surface area contributed by atoms with Gasteiger partial charge in [0.25, 0.3) is 11.0 Å². The first-order chi connectivity index (χ1) is 4.13. The topological polar surface area (TPSA) is 43.4 Å². The molecule has 0 aliphatic rings. The van der Waals surface area contributed by atoms with E-state index in [1.165, 1.54) is 0 Å². The molecular formula is C5H10O3S. The van der Waals surface area contributed by atoms with Gasteiger partial charge in [-0.2, -0.15) is 0 Å². The molecule has 0 unspecified atom stereocenters. The van der Waals surface area contributed by atoms with E-state index >= 15 is 0 Å². The Morgan fingerprint density at radius 1 is 1.56 bits per heavy atom. The summed E-state index contributed by atoms with van der Waals surface area (Å²) in [5, 5.41) is 0. The molecule has 0 fully saturated rings. The molecule has 54 valence electrons. The summed E-state index contributed by atoms with van der Waals surface area (Å²) in [6.07, 6.45) is 1.70. The van der Waals surface area contributed by atoms with Crippen LogP contribution >= 0.6 is 0 Å². The highest BCUT2D eigenvalue weighted by molar-refractivity contribution is 7.67. The molecule has 0 amide bonds. The van der Waals surface area contributed by atoms with Gasteiger partial charge >= 0.3 is 0 Å². The van der Waals surface area contributed by atoms with Crippen LogP contribution in [-0.2, 0) is 15.2 Å². The third kappa shape index (κ3) is 7.65. The van der Waals surface area contributed by atoms with Gasteiger partial charge in [0, 0.05) is 0 Å². The third-order valence-electron chi connectivity index (χ3n) is 0.672. The van der Waals surface area contributed by atoms with E-state index in [0.29, 0.717) is 0 Å². The summed E-state index contributed by atoms with van der Waals surface area (Å²) < 4.78 is 23.8. The molecule has 0 heterocycles. The number of allylic oxidation sites excluding steroid dienone is 1. The van der Waals surface area contributed by atoms with E-state index in [1.807, 2.05) is 13.8 Å². The van der Waals surface area contributed by atoms with Gasteiger partial charge in [0.2, 0.25) is 0 Å². The lowest BCUT2D eigenvalue weighted by Crippen LogP contribution is -1.87. The van der Waals surface area contributed by atoms with E-state index in [9.17, 15) is 8.42 Å². The van der Waals surface area contributed by atoms with E-state index in [1.54, 1.807) is 6.08 Å². The molecule has 0 radical (unpaired) electrons. The van der Waals surface area contributed by atoms with Crippen molar-refractivity contribution in [3.05, 3.63) is 11.6 Å². The molecule has 9 heavy (non-hydrogen) atoms. The van der Waals surface area contributed by atoms with Gasteiger partial charge in [-0.3, -0.25) is 4.18 Å². The van der Waals surface area contributed by atoms with Crippen LogP contribution in [0.2, 0.25) is 0 Å². The number of hydrogen-bond donors (Lipinski definition) is 1. The second-order valence-electron chi connectivity index (χ2n) is 1.80. The van der Waals surface area contributed by atoms with Crippen molar-refractivity contribution < 1.29 is 12.6 Å². The van der Waals surface area contributed by atoms with Crippen LogP contribution in [0.4, 0.5) is 0 Å². The van der Waals surface area contributed by atoms with Crippen LogP contribution < -0.4 is 0 Å². The van der Waals surface area contributed by atoms with E-state index in [-0.39, 0.29) is 6.61 Å². The number of rotatable bonds is 3. The maximum absolute atomic E-state index is 9.77. The minimum atomic E-state index is -2.68. The molecule has 0 aromatic rings. The Kier molecular flexibility index (Phi) is 4.35. The van der Waals surface area contributed by atoms with Crippen molar-refractivity contribution in [2.24, 2.45) is 0 Å². The standard InChI is InChI=1S/C5H10O3S/c1-5(2)3-4-8-9(6)7/h3,9H,4H2,1-2H3. The molecule has 0 saturated heterocycles. The van der Waals surface area contributed by atoms with E-state index in [2.05, 4.69) is 4.18 Å². The molecular weight excluding hydrogens is 140 g/mol. The fraction of sp³-hybridized carbons (Fsp3) is 0.600. The fourth-order valence-electron chi connectivity index (χ4n) is 0.265. The second-order valence-corrected chi connectivity index (χ2v) is 2.51. The zero-order valence-electron chi connectivity index (χ0n) is 5.46. The highest BCUT2D eigenvalue weighted by Crippen LogP contribution is 1.87. The van der Waals surface area contributed by atoms with Crippen LogP contribution in [0.3, 0.4) is 0 Å². The minimum Gasteiger partial charge on any atom is -0.268 e. The first-order valence-corrected chi connectivity index (χ1v) is 3.63. The van der Waals surface area contributed by atoms with Crippen LogP contribution in [0.25, 0.3) is 0 Å². The molecule has 0 atom stereocenters. The molecule has 3 nitrogen and oxygen atoms in total. The van der Waals surface area contributed by atoms with Gasteiger partial charge < -0.3 is 0 Å². The van der Waals surface area contributed by atoms with Crippen LogP contribution in [0.1, 0.15) is 13.8 Å². The molecule has 0 aromatic heterocycles. The Hall–Kier alpha value is -0.350. The predicted molar refractivity (Wildman–Crippen MR) is 35.7 cm³/mol. The average Bonchev–Trinajstić information content (AvgIpc) is 1.63. The summed E-state index contributed by atoms with van der Waals surface area (Å²) >= 11 is 0. The van der Waals surface area contributed by atoms with Crippen molar-refractivity contribution >= 4 is 11.0 Å². The molecule has 0 aromatic carbocycles. The van der Waals surface area contributed by atoms with Crippen molar-refractivity contribution in [1.82, 2.24) is 0 Å². The summed E-state index contributed by atoms with van der Waals surface area (Å²) in [4.78, 5) is 0. The zero-order valence-corrected chi connectivity index (χ0v) is 6.35. The summed E-state index contributed by atoms with van der Waals surface area (Å²) in [7, 11) is -2.68. The van der Waals surface area contributed by atoms with Crippen molar-refractivity contribution in [2.75, 3.05) is 6.61 Å². The molecule has 0 aliphatic heterocycles. The number of thiol groups is 1. The lowest BCUT2D eigenvalue weighted by atomic mass is 10.3. The lowest BCUT2D eigenvalue weighted by molar-refractivity contribution is 0.374. The minimum absolute atomic E-state index is 0.154. The Balaban J connectivity index is 3.42. The summed E-state index contributed by atoms with van der Waals surface area (Å²) in [5.41, 5.74) is 1.05. The van der Waals surface area contributed by atoms with Gasteiger partial charge in [0.1, 0.15) is 0 Å². The van der Waals surface area contributed by atoms with E-state index in [4.69, 9.17) is 0 Å². The second kappa shape index (κ2) is 4.52. The quantitative estimate of drug-likeness (QED) is 0.470. The maximum atomic E-state index is 9.77. The van der Waals surface area contributed by atoms with Gasteiger partial charge in [-0.25, -0.2) is 8.42 Å². The Bertz CT molecular complexity index is 157. The van der Waals surface area contributed by atoms with Gasteiger partial charge in [-0.15, -0.1) is 0 Å². The molecule has 0 spiro atoms. The van der Waals surface area contributed by atoms with Gasteiger partial charge in [-0.05, 0) is 13.8 Å². The molecule has 0 saturated carbocycles. The molecule has 0 rings (SSSR count). The highest BCUT2D eigenvalue weighted by atomic mass is 32.2. The van der Waals surface area contributed by atoms with Gasteiger partial charge in [0.05, 0.1) is 6.61 Å².